The van der Waals surface area contributed by atoms with Crippen LogP contribution >= 0.6 is 11.3 Å². The van der Waals surface area contributed by atoms with Crippen molar-refractivity contribution in [1.82, 2.24) is 9.55 Å². The second kappa shape index (κ2) is 5.16. The lowest BCUT2D eigenvalue weighted by molar-refractivity contribution is 1.17. The smallest absolute Gasteiger partial charge is 0.0896 e. The zero-order valence-corrected chi connectivity index (χ0v) is 14.7. The fourth-order valence-corrected chi connectivity index (χ4v) is 5.15. The molecule has 0 bridgehead atoms. The molecular formula is C23H14N2S. The summed E-state index contributed by atoms with van der Waals surface area (Å²) in [5.41, 5.74) is 4.66. The van der Waals surface area contributed by atoms with E-state index in [9.17, 15) is 0 Å². The van der Waals surface area contributed by atoms with Gasteiger partial charge >= 0.3 is 0 Å². The van der Waals surface area contributed by atoms with E-state index in [1.54, 1.807) is 0 Å². The Balaban J connectivity index is 1.89. The van der Waals surface area contributed by atoms with E-state index >= 15 is 0 Å². The topological polar surface area (TPSA) is 17.8 Å². The first-order valence-corrected chi connectivity index (χ1v) is 9.48. The molecule has 0 aliphatic heterocycles. The van der Waals surface area contributed by atoms with E-state index in [1.165, 1.54) is 36.8 Å². The Hall–Kier alpha value is -3.17. The van der Waals surface area contributed by atoms with E-state index in [2.05, 4.69) is 83.4 Å². The summed E-state index contributed by atoms with van der Waals surface area (Å²) in [5, 5.41) is 3.83. The van der Waals surface area contributed by atoms with E-state index < -0.39 is 0 Å². The van der Waals surface area contributed by atoms with Gasteiger partial charge in [0, 0.05) is 26.5 Å². The summed E-state index contributed by atoms with van der Waals surface area (Å²) < 4.78 is 4.88. The van der Waals surface area contributed by atoms with Crippen molar-refractivity contribution in [3.63, 3.8) is 0 Å². The van der Waals surface area contributed by atoms with Crippen LogP contribution in [0.3, 0.4) is 0 Å². The third-order valence-corrected chi connectivity index (χ3v) is 6.22. The summed E-state index contributed by atoms with van der Waals surface area (Å²) in [6, 6.07) is 27.7. The Morgan fingerprint density at radius 2 is 1.42 bits per heavy atom. The maximum atomic E-state index is 4.87. The quantitative estimate of drug-likeness (QED) is 0.329. The van der Waals surface area contributed by atoms with Gasteiger partial charge in [0.1, 0.15) is 0 Å². The van der Waals surface area contributed by atoms with Crippen LogP contribution in [0.15, 0.2) is 85.1 Å². The fourth-order valence-electron chi connectivity index (χ4n) is 3.93. The molecular weight excluding hydrogens is 336 g/mol. The molecule has 0 saturated carbocycles. The maximum absolute atomic E-state index is 4.87. The van der Waals surface area contributed by atoms with Gasteiger partial charge in [0.2, 0.25) is 0 Å². The van der Waals surface area contributed by atoms with Crippen LogP contribution in [0.5, 0.6) is 0 Å². The zero-order chi connectivity index (χ0) is 17.1. The highest BCUT2D eigenvalue weighted by Crippen LogP contribution is 2.41. The highest BCUT2D eigenvalue weighted by Gasteiger charge is 2.17. The number of pyridine rings is 1. The molecule has 6 aromatic rings. The Morgan fingerprint density at radius 1 is 0.692 bits per heavy atom. The van der Waals surface area contributed by atoms with Crippen LogP contribution < -0.4 is 0 Å². The number of benzene rings is 3. The van der Waals surface area contributed by atoms with E-state index in [1.807, 2.05) is 17.5 Å². The molecule has 0 N–H and O–H groups in total. The summed E-state index contributed by atoms with van der Waals surface area (Å²) in [4.78, 5) is 4.87. The van der Waals surface area contributed by atoms with E-state index in [-0.39, 0.29) is 0 Å². The van der Waals surface area contributed by atoms with Crippen molar-refractivity contribution in [1.29, 1.82) is 0 Å². The Morgan fingerprint density at radius 3 is 2.31 bits per heavy atom. The predicted molar refractivity (Wildman–Crippen MR) is 111 cm³/mol. The minimum Gasteiger partial charge on any atom is -0.308 e. The van der Waals surface area contributed by atoms with Gasteiger partial charge in [-0.25, -0.2) is 0 Å². The zero-order valence-electron chi connectivity index (χ0n) is 13.9. The van der Waals surface area contributed by atoms with E-state index in [0.29, 0.717) is 0 Å². The Bertz CT molecular complexity index is 1420. The highest BCUT2D eigenvalue weighted by atomic mass is 32.1. The van der Waals surface area contributed by atoms with Crippen molar-refractivity contribution in [3.05, 3.63) is 85.1 Å². The van der Waals surface area contributed by atoms with Crippen molar-refractivity contribution < 1.29 is 0 Å². The van der Waals surface area contributed by atoms with Gasteiger partial charge in [0.05, 0.1) is 27.4 Å². The number of hydrogen-bond donors (Lipinski definition) is 0. The van der Waals surface area contributed by atoms with Crippen molar-refractivity contribution >= 4 is 53.4 Å². The van der Waals surface area contributed by atoms with Crippen LogP contribution in [0.25, 0.3) is 47.8 Å². The molecule has 0 aliphatic carbocycles. The van der Waals surface area contributed by atoms with Gasteiger partial charge in [-0.1, -0.05) is 54.6 Å². The monoisotopic (exact) mass is 350 g/mol. The number of fused-ring (bicyclic) bond motifs is 7. The second-order valence-corrected chi connectivity index (χ2v) is 7.53. The summed E-state index contributed by atoms with van der Waals surface area (Å²) in [7, 11) is 0. The van der Waals surface area contributed by atoms with Gasteiger partial charge in [0.25, 0.3) is 0 Å². The van der Waals surface area contributed by atoms with E-state index in [0.717, 1.165) is 11.0 Å². The molecule has 3 aromatic carbocycles. The van der Waals surface area contributed by atoms with Crippen LogP contribution in [0.1, 0.15) is 0 Å². The number of nitrogens with zero attached hydrogens (tertiary/aromatic N) is 2. The van der Waals surface area contributed by atoms with Gasteiger partial charge in [0.15, 0.2) is 0 Å². The lowest BCUT2D eigenvalue weighted by Gasteiger charge is -2.06. The molecule has 0 radical (unpaired) electrons. The number of hydrogen-bond acceptors (Lipinski definition) is 2. The summed E-state index contributed by atoms with van der Waals surface area (Å²) in [5.74, 6) is 0. The standard InChI is InChI=1S/C23H14N2S/c1-2-8-15(9-3-1)25-18-12-6-4-10-16(18)21-19(25)14-24-22-17-11-5-7-13-20(17)26-23(21)22/h1-14H. The Labute approximate surface area is 153 Å². The molecule has 3 heteroatoms. The molecule has 0 saturated heterocycles. The number of aromatic nitrogens is 2. The SMILES string of the molecule is c1ccc(-n2c3ccccc3c3c4sc5ccccc5c4ncc32)cc1. The molecule has 0 fully saturated rings. The van der Waals surface area contributed by atoms with Gasteiger partial charge in [-0.15, -0.1) is 11.3 Å². The van der Waals surface area contributed by atoms with Crippen molar-refractivity contribution in [2.45, 2.75) is 0 Å². The van der Waals surface area contributed by atoms with Crippen molar-refractivity contribution in [2.75, 3.05) is 0 Å². The van der Waals surface area contributed by atoms with Crippen molar-refractivity contribution in [2.24, 2.45) is 0 Å². The first-order chi connectivity index (χ1) is 12.9. The number of para-hydroxylation sites is 2. The molecule has 0 atom stereocenters. The molecule has 3 aromatic heterocycles. The van der Waals surface area contributed by atoms with Crippen molar-refractivity contribution in [3.8, 4) is 5.69 Å². The molecule has 26 heavy (non-hydrogen) atoms. The van der Waals surface area contributed by atoms with Gasteiger partial charge < -0.3 is 4.57 Å². The number of thiophene rings is 1. The average Bonchev–Trinajstić information content (AvgIpc) is 3.24. The lowest BCUT2D eigenvalue weighted by Crippen LogP contribution is -1.93. The lowest BCUT2D eigenvalue weighted by atomic mass is 10.1. The molecule has 0 amide bonds. The van der Waals surface area contributed by atoms with Crippen LogP contribution in [-0.4, -0.2) is 9.55 Å². The minimum absolute atomic E-state index is 1.11. The first kappa shape index (κ1) is 14.0. The first-order valence-electron chi connectivity index (χ1n) is 8.66. The molecule has 0 spiro atoms. The van der Waals surface area contributed by atoms with Crippen LogP contribution in [0, 0.1) is 0 Å². The van der Waals surface area contributed by atoms with E-state index in [4.69, 9.17) is 4.98 Å². The molecule has 3 heterocycles. The van der Waals surface area contributed by atoms with Crippen LogP contribution in [0.2, 0.25) is 0 Å². The molecule has 6 rings (SSSR count). The van der Waals surface area contributed by atoms with Gasteiger partial charge in [-0.05, 0) is 24.3 Å². The normalized spacial score (nSPS) is 11.8. The molecule has 0 unspecified atom stereocenters. The molecule has 122 valence electrons. The predicted octanol–water partition coefficient (Wildman–Crippen LogP) is 6.55. The molecule has 2 nitrogen and oxygen atoms in total. The third-order valence-electron chi connectivity index (χ3n) is 5.04. The average molecular weight is 350 g/mol. The summed E-state index contributed by atoms with van der Waals surface area (Å²) in [6.45, 7) is 0. The summed E-state index contributed by atoms with van der Waals surface area (Å²) >= 11 is 1.84. The minimum atomic E-state index is 1.11. The second-order valence-electron chi connectivity index (χ2n) is 6.48. The highest BCUT2D eigenvalue weighted by molar-refractivity contribution is 7.26. The summed E-state index contributed by atoms with van der Waals surface area (Å²) in [6.07, 6.45) is 2.03. The van der Waals surface area contributed by atoms with Crippen LogP contribution in [-0.2, 0) is 0 Å². The van der Waals surface area contributed by atoms with Crippen LogP contribution in [0.4, 0.5) is 0 Å². The maximum Gasteiger partial charge on any atom is 0.0896 e. The molecule has 0 aliphatic rings. The van der Waals surface area contributed by atoms with Gasteiger partial charge in [-0.3, -0.25) is 4.98 Å². The largest absolute Gasteiger partial charge is 0.308 e. The Kier molecular flexibility index (Phi) is 2.79. The number of rotatable bonds is 1. The van der Waals surface area contributed by atoms with Gasteiger partial charge in [-0.2, -0.15) is 0 Å². The fraction of sp³-hybridized carbons (Fsp3) is 0. The third kappa shape index (κ3) is 1.78.